The molecule has 0 atom stereocenters. The SMILES string of the molecule is CC(=O)N1C(=N)S/C(=C\c2cc3cccc(C)c3nc2N2CCCCC2)C1=O. The lowest BCUT2D eigenvalue weighted by atomic mass is 10.1. The number of hydrogen-bond donors (Lipinski definition) is 1. The van der Waals surface area contributed by atoms with Crippen molar-refractivity contribution >= 4 is 51.5 Å². The number of imide groups is 1. The molecule has 7 heteroatoms. The van der Waals surface area contributed by atoms with E-state index in [0.717, 1.165) is 70.4 Å². The van der Waals surface area contributed by atoms with Gasteiger partial charge in [-0.2, -0.15) is 0 Å². The number of nitrogens with zero attached hydrogens (tertiary/aromatic N) is 3. The van der Waals surface area contributed by atoms with Gasteiger partial charge in [0.1, 0.15) is 5.82 Å². The minimum Gasteiger partial charge on any atom is -0.356 e. The molecule has 1 N–H and O–H groups in total. The van der Waals surface area contributed by atoms with Crippen LogP contribution in [0.2, 0.25) is 0 Å². The number of piperidine rings is 1. The van der Waals surface area contributed by atoms with Crippen LogP contribution in [0, 0.1) is 12.3 Å². The van der Waals surface area contributed by atoms with Gasteiger partial charge in [0.05, 0.1) is 10.4 Å². The molecule has 28 heavy (non-hydrogen) atoms. The minimum absolute atomic E-state index is 0.0483. The highest BCUT2D eigenvalue weighted by Crippen LogP contribution is 2.35. The molecule has 0 unspecified atom stereocenters. The molecule has 2 aliphatic rings. The largest absolute Gasteiger partial charge is 0.356 e. The van der Waals surface area contributed by atoms with E-state index in [4.69, 9.17) is 10.4 Å². The number of pyridine rings is 1. The summed E-state index contributed by atoms with van der Waals surface area (Å²) in [7, 11) is 0. The lowest BCUT2D eigenvalue weighted by Crippen LogP contribution is -2.33. The third-order valence-electron chi connectivity index (χ3n) is 5.14. The van der Waals surface area contributed by atoms with Crippen LogP contribution >= 0.6 is 11.8 Å². The van der Waals surface area contributed by atoms with E-state index < -0.39 is 11.8 Å². The number of carbonyl (C=O) groups excluding carboxylic acids is 2. The van der Waals surface area contributed by atoms with E-state index in [1.807, 2.05) is 12.1 Å². The molecule has 2 fully saturated rings. The molecular weight excluding hydrogens is 372 g/mol. The van der Waals surface area contributed by atoms with E-state index in [1.165, 1.54) is 13.3 Å². The number of hydrogen-bond acceptors (Lipinski definition) is 6. The fraction of sp³-hybridized carbons (Fsp3) is 0.333. The van der Waals surface area contributed by atoms with Gasteiger partial charge in [0.25, 0.3) is 5.91 Å². The fourth-order valence-corrected chi connectivity index (χ4v) is 4.61. The Bertz CT molecular complexity index is 1020. The monoisotopic (exact) mass is 394 g/mol. The summed E-state index contributed by atoms with van der Waals surface area (Å²) in [5.74, 6) is 0.000976. The molecule has 1 aromatic carbocycles. The van der Waals surface area contributed by atoms with Gasteiger partial charge >= 0.3 is 0 Å². The third-order valence-corrected chi connectivity index (χ3v) is 6.02. The Morgan fingerprint density at radius 3 is 2.68 bits per heavy atom. The van der Waals surface area contributed by atoms with Crippen molar-refractivity contribution in [1.29, 1.82) is 5.41 Å². The quantitative estimate of drug-likeness (QED) is 0.781. The van der Waals surface area contributed by atoms with Gasteiger partial charge in [-0.1, -0.05) is 18.2 Å². The molecule has 2 aromatic rings. The Labute approximate surface area is 168 Å². The first-order chi connectivity index (χ1) is 13.5. The second-order valence-electron chi connectivity index (χ2n) is 7.17. The molecule has 0 aliphatic carbocycles. The molecule has 144 valence electrons. The Hall–Kier alpha value is -2.67. The summed E-state index contributed by atoms with van der Waals surface area (Å²) in [6.07, 6.45) is 5.25. The van der Waals surface area contributed by atoms with Gasteiger partial charge in [0.2, 0.25) is 5.91 Å². The highest BCUT2D eigenvalue weighted by molar-refractivity contribution is 8.18. The molecule has 6 nitrogen and oxygen atoms in total. The van der Waals surface area contributed by atoms with Crippen LogP contribution in [-0.4, -0.2) is 40.0 Å². The highest BCUT2D eigenvalue weighted by atomic mass is 32.2. The van der Waals surface area contributed by atoms with E-state index in [1.54, 1.807) is 6.08 Å². The standard InChI is InChI=1S/C21H22N4O2S/c1-13-7-6-8-15-11-16(12-17-20(27)25(14(2)26)21(22)28-17)19(23-18(13)15)24-9-4-3-5-10-24/h6-8,11-12,22H,3-5,9-10H2,1-2H3/b17-12-,22-21?. The maximum absolute atomic E-state index is 12.6. The first kappa shape index (κ1) is 18.7. The number of anilines is 1. The summed E-state index contributed by atoms with van der Waals surface area (Å²) in [4.78, 5) is 32.8. The summed E-state index contributed by atoms with van der Waals surface area (Å²) >= 11 is 1.02. The number of nitrogens with one attached hydrogen (secondary N) is 1. The second kappa shape index (κ2) is 7.39. The highest BCUT2D eigenvalue weighted by Gasteiger charge is 2.35. The van der Waals surface area contributed by atoms with E-state index >= 15 is 0 Å². The maximum Gasteiger partial charge on any atom is 0.273 e. The van der Waals surface area contributed by atoms with Crippen LogP contribution in [0.4, 0.5) is 5.82 Å². The van der Waals surface area contributed by atoms with Gasteiger partial charge in [-0.3, -0.25) is 15.0 Å². The number of para-hydroxylation sites is 1. The number of carbonyl (C=O) groups is 2. The van der Waals surface area contributed by atoms with Crippen molar-refractivity contribution in [3.8, 4) is 0 Å². The Morgan fingerprint density at radius 1 is 1.25 bits per heavy atom. The lowest BCUT2D eigenvalue weighted by Gasteiger charge is -2.29. The number of thioether (sulfide) groups is 1. The predicted octanol–water partition coefficient (Wildman–Crippen LogP) is 3.93. The molecule has 4 rings (SSSR count). The molecule has 0 bridgehead atoms. The number of amides is 2. The van der Waals surface area contributed by atoms with E-state index in [2.05, 4.69) is 24.0 Å². The topological polar surface area (TPSA) is 77.4 Å². The first-order valence-electron chi connectivity index (χ1n) is 9.44. The molecule has 2 aliphatic heterocycles. The van der Waals surface area contributed by atoms with E-state index in [0.29, 0.717) is 4.91 Å². The molecule has 0 spiro atoms. The average Bonchev–Trinajstić information content (AvgIpc) is 2.95. The van der Waals surface area contributed by atoms with Crippen molar-refractivity contribution in [3.05, 3.63) is 40.3 Å². The number of aromatic nitrogens is 1. The van der Waals surface area contributed by atoms with Crippen LogP contribution in [0.3, 0.4) is 0 Å². The molecular formula is C21H22N4O2S. The summed E-state index contributed by atoms with van der Waals surface area (Å²) in [6, 6.07) is 8.13. The number of rotatable bonds is 2. The number of aryl methyl sites for hydroxylation is 1. The number of amidine groups is 1. The van der Waals surface area contributed by atoms with Crippen molar-refractivity contribution in [2.24, 2.45) is 0 Å². The predicted molar refractivity (Wildman–Crippen MR) is 113 cm³/mol. The fourth-order valence-electron chi connectivity index (χ4n) is 3.73. The molecule has 2 amide bonds. The Kier molecular flexibility index (Phi) is 4.93. The third kappa shape index (κ3) is 3.30. The van der Waals surface area contributed by atoms with E-state index in [-0.39, 0.29) is 5.17 Å². The summed E-state index contributed by atoms with van der Waals surface area (Å²) in [5.41, 5.74) is 2.94. The van der Waals surface area contributed by atoms with Gasteiger partial charge in [0, 0.05) is 31.0 Å². The average molecular weight is 395 g/mol. The van der Waals surface area contributed by atoms with E-state index in [9.17, 15) is 9.59 Å². The van der Waals surface area contributed by atoms with Gasteiger partial charge in [-0.25, -0.2) is 9.88 Å². The summed E-state index contributed by atoms with van der Waals surface area (Å²) < 4.78 is 0. The van der Waals surface area contributed by atoms with Crippen molar-refractivity contribution in [2.45, 2.75) is 33.1 Å². The van der Waals surface area contributed by atoms with Gasteiger partial charge in [-0.05, 0) is 55.7 Å². The summed E-state index contributed by atoms with van der Waals surface area (Å²) in [6.45, 7) is 5.24. The number of fused-ring (bicyclic) bond motifs is 1. The zero-order valence-corrected chi connectivity index (χ0v) is 16.8. The zero-order chi connectivity index (χ0) is 19.8. The molecule has 0 radical (unpaired) electrons. The molecule has 2 saturated heterocycles. The van der Waals surface area contributed by atoms with Gasteiger partial charge in [-0.15, -0.1) is 0 Å². The first-order valence-corrected chi connectivity index (χ1v) is 10.3. The van der Waals surface area contributed by atoms with Gasteiger partial charge < -0.3 is 4.90 Å². The van der Waals surface area contributed by atoms with Gasteiger partial charge in [0.15, 0.2) is 5.17 Å². The maximum atomic E-state index is 12.6. The molecule has 0 saturated carbocycles. The van der Waals surface area contributed by atoms with Crippen molar-refractivity contribution in [1.82, 2.24) is 9.88 Å². The van der Waals surface area contributed by atoms with Crippen LogP contribution in [0.25, 0.3) is 17.0 Å². The van der Waals surface area contributed by atoms with Crippen LogP contribution in [0.1, 0.15) is 37.3 Å². The molecule has 3 heterocycles. The Morgan fingerprint density at radius 2 is 2.00 bits per heavy atom. The zero-order valence-electron chi connectivity index (χ0n) is 16.0. The molecule has 1 aromatic heterocycles. The van der Waals surface area contributed by atoms with Crippen LogP contribution in [0.5, 0.6) is 0 Å². The van der Waals surface area contributed by atoms with Crippen LogP contribution in [0.15, 0.2) is 29.2 Å². The second-order valence-corrected chi connectivity index (χ2v) is 8.20. The number of benzene rings is 1. The Balaban J connectivity index is 1.84. The summed E-state index contributed by atoms with van der Waals surface area (Å²) in [5, 5.41) is 8.92. The smallest absolute Gasteiger partial charge is 0.273 e. The van der Waals surface area contributed by atoms with Crippen molar-refractivity contribution < 1.29 is 9.59 Å². The van der Waals surface area contributed by atoms with Crippen LogP contribution in [-0.2, 0) is 9.59 Å². The van der Waals surface area contributed by atoms with Crippen molar-refractivity contribution in [2.75, 3.05) is 18.0 Å². The lowest BCUT2D eigenvalue weighted by molar-refractivity contribution is -0.135. The minimum atomic E-state index is -0.436. The van der Waals surface area contributed by atoms with Crippen LogP contribution < -0.4 is 4.90 Å². The normalized spacial score (nSPS) is 19.1. The van der Waals surface area contributed by atoms with Crippen molar-refractivity contribution in [3.63, 3.8) is 0 Å².